The van der Waals surface area contributed by atoms with E-state index in [0.29, 0.717) is 6.54 Å². The van der Waals surface area contributed by atoms with Gasteiger partial charge in [0.15, 0.2) is 0 Å². The smallest absolute Gasteiger partial charge is 0.122 e. The summed E-state index contributed by atoms with van der Waals surface area (Å²) in [5.74, 6) is 0.910. The van der Waals surface area contributed by atoms with Crippen LogP contribution in [-0.2, 0) is 6.54 Å². The fourth-order valence-corrected chi connectivity index (χ4v) is 1.25. The summed E-state index contributed by atoms with van der Waals surface area (Å²) in [6, 6.07) is 11.4. The second kappa shape index (κ2) is 3.87. The number of anilines is 2. The fraction of sp³-hybridized carbons (Fsp3) is 0.0909. The predicted octanol–water partition coefficient (Wildman–Crippen LogP) is 2.47. The lowest BCUT2D eigenvalue weighted by molar-refractivity contribution is 0.518. The van der Waals surface area contributed by atoms with Gasteiger partial charge in [0.05, 0.1) is 12.8 Å². The number of nitrogens with one attached hydrogen (secondary N) is 1. The van der Waals surface area contributed by atoms with Gasteiger partial charge in [-0.1, -0.05) is 6.07 Å². The molecule has 0 aliphatic rings. The standard InChI is InChI=1S/C11H12N2O/c12-9-3-1-4-10(7-9)13-8-11-5-2-6-14-11/h1-7,13H,8,12H2. The van der Waals surface area contributed by atoms with E-state index in [1.165, 1.54) is 0 Å². The van der Waals surface area contributed by atoms with E-state index in [2.05, 4.69) is 5.32 Å². The largest absolute Gasteiger partial charge is 0.467 e. The SMILES string of the molecule is Nc1cccc(NCc2ccco2)c1. The van der Waals surface area contributed by atoms with Crippen LogP contribution in [0.1, 0.15) is 5.76 Å². The second-order valence-electron chi connectivity index (χ2n) is 3.06. The highest BCUT2D eigenvalue weighted by Gasteiger charge is 1.95. The molecule has 0 bridgehead atoms. The lowest BCUT2D eigenvalue weighted by atomic mass is 10.3. The van der Waals surface area contributed by atoms with Crippen molar-refractivity contribution in [2.45, 2.75) is 6.54 Å². The van der Waals surface area contributed by atoms with Crippen LogP contribution in [0.5, 0.6) is 0 Å². The molecule has 0 fully saturated rings. The van der Waals surface area contributed by atoms with Gasteiger partial charge in [-0.15, -0.1) is 0 Å². The fourth-order valence-electron chi connectivity index (χ4n) is 1.25. The Hall–Kier alpha value is -1.90. The van der Waals surface area contributed by atoms with Gasteiger partial charge >= 0.3 is 0 Å². The lowest BCUT2D eigenvalue weighted by Crippen LogP contribution is -1.98. The van der Waals surface area contributed by atoms with E-state index < -0.39 is 0 Å². The predicted molar refractivity (Wildman–Crippen MR) is 56.9 cm³/mol. The average Bonchev–Trinajstić information content (AvgIpc) is 2.67. The van der Waals surface area contributed by atoms with E-state index in [1.807, 2.05) is 36.4 Å². The van der Waals surface area contributed by atoms with Gasteiger partial charge in [-0.05, 0) is 30.3 Å². The summed E-state index contributed by atoms with van der Waals surface area (Å²) in [7, 11) is 0. The Labute approximate surface area is 82.5 Å². The van der Waals surface area contributed by atoms with Gasteiger partial charge in [0.1, 0.15) is 5.76 Å². The molecular weight excluding hydrogens is 176 g/mol. The zero-order valence-electron chi connectivity index (χ0n) is 7.73. The topological polar surface area (TPSA) is 51.2 Å². The molecule has 0 aliphatic carbocycles. The van der Waals surface area contributed by atoms with E-state index in [-0.39, 0.29) is 0 Å². The Kier molecular flexibility index (Phi) is 2.40. The van der Waals surface area contributed by atoms with Gasteiger partial charge in [0.2, 0.25) is 0 Å². The number of furan rings is 1. The van der Waals surface area contributed by atoms with Crippen molar-refractivity contribution in [3.8, 4) is 0 Å². The number of nitrogen functional groups attached to an aromatic ring is 1. The van der Waals surface area contributed by atoms with E-state index >= 15 is 0 Å². The van der Waals surface area contributed by atoms with Crippen LogP contribution in [-0.4, -0.2) is 0 Å². The zero-order chi connectivity index (χ0) is 9.80. The molecule has 3 nitrogen and oxygen atoms in total. The van der Waals surface area contributed by atoms with Gasteiger partial charge in [-0.3, -0.25) is 0 Å². The van der Waals surface area contributed by atoms with Gasteiger partial charge in [0, 0.05) is 11.4 Å². The first-order valence-corrected chi connectivity index (χ1v) is 4.46. The number of nitrogens with two attached hydrogens (primary N) is 1. The summed E-state index contributed by atoms with van der Waals surface area (Å²) in [6.45, 7) is 0.677. The average molecular weight is 188 g/mol. The molecule has 14 heavy (non-hydrogen) atoms. The maximum Gasteiger partial charge on any atom is 0.122 e. The number of benzene rings is 1. The summed E-state index contributed by atoms with van der Waals surface area (Å²) in [5.41, 5.74) is 7.40. The highest BCUT2D eigenvalue weighted by Crippen LogP contribution is 2.13. The monoisotopic (exact) mass is 188 g/mol. The van der Waals surface area contributed by atoms with Crippen LogP contribution in [0.3, 0.4) is 0 Å². The summed E-state index contributed by atoms with van der Waals surface area (Å²) < 4.78 is 5.19. The van der Waals surface area contributed by atoms with Crippen molar-refractivity contribution in [3.05, 3.63) is 48.4 Å². The maximum absolute atomic E-state index is 5.64. The van der Waals surface area contributed by atoms with E-state index in [9.17, 15) is 0 Å². The number of hydrogen-bond acceptors (Lipinski definition) is 3. The zero-order valence-corrected chi connectivity index (χ0v) is 7.73. The first-order valence-electron chi connectivity index (χ1n) is 4.46. The van der Waals surface area contributed by atoms with E-state index in [4.69, 9.17) is 10.2 Å². The quantitative estimate of drug-likeness (QED) is 0.727. The highest BCUT2D eigenvalue weighted by atomic mass is 16.3. The molecule has 0 unspecified atom stereocenters. The Balaban J connectivity index is 1.98. The third-order valence-corrected chi connectivity index (χ3v) is 1.93. The molecule has 2 aromatic rings. The molecular formula is C11H12N2O. The van der Waals surface area contributed by atoms with Crippen molar-refractivity contribution in [3.63, 3.8) is 0 Å². The highest BCUT2D eigenvalue weighted by molar-refractivity contribution is 5.54. The van der Waals surface area contributed by atoms with Gasteiger partial charge in [-0.25, -0.2) is 0 Å². The molecule has 2 rings (SSSR count). The Morgan fingerprint density at radius 1 is 1.21 bits per heavy atom. The van der Waals surface area contributed by atoms with Crippen LogP contribution in [0.25, 0.3) is 0 Å². The van der Waals surface area contributed by atoms with Crippen LogP contribution in [0, 0.1) is 0 Å². The first kappa shape index (κ1) is 8.69. The second-order valence-corrected chi connectivity index (χ2v) is 3.06. The molecule has 0 radical (unpaired) electrons. The molecule has 0 aliphatic heterocycles. The minimum absolute atomic E-state index is 0.677. The molecule has 1 aromatic carbocycles. The minimum atomic E-state index is 0.677. The van der Waals surface area contributed by atoms with Crippen LogP contribution in [0.4, 0.5) is 11.4 Å². The summed E-state index contributed by atoms with van der Waals surface area (Å²) in [6.07, 6.45) is 1.66. The number of hydrogen-bond donors (Lipinski definition) is 2. The van der Waals surface area contributed by atoms with Crippen molar-refractivity contribution in [1.29, 1.82) is 0 Å². The van der Waals surface area contributed by atoms with E-state index in [0.717, 1.165) is 17.1 Å². The third kappa shape index (κ3) is 2.07. The minimum Gasteiger partial charge on any atom is -0.467 e. The molecule has 0 saturated carbocycles. The van der Waals surface area contributed by atoms with Crippen molar-refractivity contribution in [2.75, 3.05) is 11.1 Å². The summed E-state index contributed by atoms with van der Waals surface area (Å²) in [4.78, 5) is 0. The van der Waals surface area contributed by atoms with Crippen molar-refractivity contribution in [1.82, 2.24) is 0 Å². The Morgan fingerprint density at radius 3 is 2.86 bits per heavy atom. The molecule has 1 aromatic heterocycles. The molecule has 0 atom stereocenters. The molecule has 1 heterocycles. The third-order valence-electron chi connectivity index (χ3n) is 1.93. The molecule has 0 saturated heterocycles. The molecule has 0 amide bonds. The molecule has 0 spiro atoms. The van der Waals surface area contributed by atoms with Crippen LogP contribution < -0.4 is 11.1 Å². The van der Waals surface area contributed by atoms with Crippen LogP contribution in [0.2, 0.25) is 0 Å². The van der Waals surface area contributed by atoms with Crippen LogP contribution in [0.15, 0.2) is 47.1 Å². The molecule has 3 N–H and O–H groups in total. The number of rotatable bonds is 3. The summed E-state index contributed by atoms with van der Waals surface area (Å²) in [5, 5.41) is 3.21. The van der Waals surface area contributed by atoms with Crippen molar-refractivity contribution < 1.29 is 4.42 Å². The lowest BCUT2D eigenvalue weighted by Gasteiger charge is -2.04. The molecule has 72 valence electrons. The van der Waals surface area contributed by atoms with Crippen LogP contribution >= 0.6 is 0 Å². The van der Waals surface area contributed by atoms with Crippen molar-refractivity contribution >= 4 is 11.4 Å². The molecule has 3 heteroatoms. The van der Waals surface area contributed by atoms with Gasteiger partial charge in [0.25, 0.3) is 0 Å². The van der Waals surface area contributed by atoms with Gasteiger partial charge < -0.3 is 15.5 Å². The maximum atomic E-state index is 5.64. The van der Waals surface area contributed by atoms with E-state index in [1.54, 1.807) is 6.26 Å². The first-order chi connectivity index (χ1) is 6.84. The Morgan fingerprint density at radius 2 is 2.14 bits per heavy atom. The summed E-state index contributed by atoms with van der Waals surface area (Å²) >= 11 is 0. The Bertz CT molecular complexity index is 395. The van der Waals surface area contributed by atoms with Gasteiger partial charge in [-0.2, -0.15) is 0 Å². The van der Waals surface area contributed by atoms with Crippen molar-refractivity contribution in [2.24, 2.45) is 0 Å². The normalized spacial score (nSPS) is 10.0.